The number of aromatic amines is 1. The molecule has 1 amide bonds. The molecule has 0 unspecified atom stereocenters. The van der Waals surface area contributed by atoms with Gasteiger partial charge in [-0.1, -0.05) is 12.1 Å². The van der Waals surface area contributed by atoms with Gasteiger partial charge in [0.15, 0.2) is 0 Å². The first kappa shape index (κ1) is 22.7. The monoisotopic (exact) mass is 500 g/mol. The van der Waals surface area contributed by atoms with Crippen LogP contribution in [0.3, 0.4) is 0 Å². The molecule has 1 aromatic heterocycles. The summed E-state index contributed by atoms with van der Waals surface area (Å²) in [6.45, 7) is 2.42. The summed E-state index contributed by atoms with van der Waals surface area (Å²) < 4.78 is 7.44. The maximum atomic E-state index is 12.7. The molecule has 2 heterocycles. The molecular formula is C22H26GeN4O5. The first-order valence-electron chi connectivity index (χ1n) is 10.6. The number of hydrogen-bond donors (Lipinski definition) is 2. The van der Waals surface area contributed by atoms with Gasteiger partial charge in [-0.15, -0.1) is 0 Å². The maximum absolute atomic E-state index is 12.7. The van der Waals surface area contributed by atoms with Gasteiger partial charge in [-0.05, 0) is 12.1 Å². The van der Waals surface area contributed by atoms with Crippen molar-refractivity contribution in [3.05, 3.63) is 59.0 Å². The molecule has 1 fully saturated rings. The third-order valence-corrected chi connectivity index (χ3v) is 7.54. The average Bonchev–Trinajstić information content (AvgIpc) is 3.17. The number of nitrogens with zero attached hydrogens (tertiary/aromatic N) is 3. The Bertz CT molecular complexity index is 1110. The van der Waals surface area contributed by atoms with Gasteiger partial charge in [-0.3, -0.25) is 4.57 Å². The molecule has 168 valence electrons. The van der Waals surface area contributed by atoms with E-state index in [4.69, 9.17) is 5.26 Å². The van der Waals surface area contributed by atoms with Crippen LogP contribution < -0.4 is 15.0 Å². The molecule has 0 spiro atoms. The van der Waals surface area contributed by atoms with Crippen molar-refractivity contribution < 1.29 is 19.0 Å². The second-order valence-corrected chi connectivity index (χ2v) is 9.89. The van der Waals surface area contributed by atoms with E-state index in [0.717, 1.165) is 47.0 Å². The number of para-hydroxylation sites is 2. The number of benzene rings is 2. The van der Waals surface area contributed by atoms with Crippen molar-refractivity contribution in [1.29, 1.82) is 0 Å². The molecule has 0 aliphatic carbocycles. The third-order valence-electron chi connectivity index (χ3n) is 6.01. The number of carbonyl (C=O) groups is 1. The Hall–Kier alpha value is -2.44. The number of aromatic nitrogens is 2. The van der Waals surface area contributed by atoms with Crippen molar-refractivity contribution in [2.45, 2.75) is 25.3 Å². The number of piperidine rings is 1. The number of rotatable bonds is 8. The molecule has 3 aromatic rings. The number of carbonyl (C=O) groups excluding carboxylic acids is 1. The number of anilines is 1. The van der Waals surface area contributed by atoms with Crippen molar-refractivity contribution in [2.75, 3.05) is 31.6 Å². The Kier molecular flexibility index (Phi) is 7.43. The van der Waals surface area contributed by atoms with Gasteiger partial charge in [0.1, 0.15) is 0 Å². The zero-order valence-corrected chi connectivity index (χ0v) is 20.0. The third kappa shape index (κ3) is 5.13. The molecule has 0 saturated carbocycles. The van der Waals surface area contributed by atoms with E-state index in [1.54, 1.807) is 11.9 Å². The van der Waals surface area contributed by atoms with Crippen molar-refractivity contribution in [3.63, 3.8) is 0 Å². The standard InChI is InChI=1S/C22H26GeN4O5/c1-25(17-8-6-16(7-9-17)23-31-32-30)21(28)12-15-26-13-10-18(11-14-26)27-20-5-3-2-4-19(20)24-22(27)29/h2-9,18,30H,10-15H2,1H3,(H,24,29). The first-order chi connectivity index (χ1) is 15.6. The van der Waals surface area contributed by atoms with E-state index in [9.17, 15) is 9.59 Å². The van der Waals surface area contributed by atoms with Gasteiger partial charge in [0.05, 0.1) is 11.0 Å². The Morgan fingerprint density at radius 1 is 1.19 bits per heavy atom. The fraction of sp³-hybridized carbons (Fsp3) is 0.364. The quantitative estimate of drug-likeness (QED) is 0.278. The molecular weight excluding hydrogens is 473 g/mol. The van der Waals surface area contributed by atoms with E-state index in [1.165, 1.54) is 0 Å². The number of imidazole rings is 1. The topological polar surface area (TPSA) is 100 Å². The molecule has 32 heavy (non-hydrogen) atoms. The fourth-order valence-electron chi connectivity index (χ4n) is 4.22. The summed E-state index contributed by atoms with van der Waals surface area (Å²) in [6, 6.07) is 15.4. The molecule has 4 rings (SSSR count). The minimum atomic E-state index is -1.01. The normalized spacial score (nSPS) is 15.3. The molecule has 2 radical (unpaired) electrons. The number of H-pyrrole nitrogens is 1. The molecule has 1 saturated heterocycles. The van der Waals surface area contributed by atoms with Crippen LogP contribution >= 0.6 is 0 Å². The first-order valence-corrected chi connectivity index (χ1v) is 12.5. The van der Waals surface area contributed by atoms with Gasteiger partial charge in [-0.2, -0.15) is 0 Å². The molecule has 0 atom stereocenters. The Morgan fingerprint density at radius 2 is 1.91 bits per heavy atom. The van der Waals surface area contributed by atoms with Crippen LogP contribution in [0.1, 0.15) is 25.3 Å². The zero-order chi connectivity index (χ0) is 22.5. The van der Waals surface area contributed by atoms with Crippen molar-refractivity contribution in [3.8, 4) is 0 Å². The summed E-state index contributed by atoms with van der Waals surface area (Å²) in [7, 11) is 1.77. The van der Waals surface area contributed by atoms with E-state index in [2.05, 4.69) is 18.8 Å². The van der Waals surface area contributed by atoms with Crippen LogP contribution in [0.25, 0.3) is 11.0 Å². The Morgan fingerprint density at radius 3 is 2.62 bits per heavy atom. The van der Waals surface area contributed by atoms with Gasteiger partial charge in [0.25, 0.3) is 0 Å². The van der Waals surface area contributed by atoms with Crippen LogP contribution in [0.2, 0.25) is 0 Å². The van der Waals surface area contributed by atoms with E-state index < -0.39 is 15.8 Å². The van der Waals surface area contributed by atoms with Crippen LogP contribution in [0.5, 0.6) is 0 Å². The number of nitrogens with one attached hydrogen (secondary N) is 1. The molecule has 1 aliphatic heterocycles. The number of hydrogen-bond acceptors (Lipinski definition) is 6. The van der Waals surface area contributed by atoms with Crippen LogP contribution in [0.15, 0.2) is 53.3 Å². The Balaban J connectivity index is 1.27. The van der Waals surface area contributed by atoms with Crippen LogP contribution in [0.4, 0.5) is 5.69 Å². The fourth-order valence-corrected chi connectivity index (χ4v) is 5.14. The summed E-state index contributed by atoms with van der Waals surface area (Å²) in [6.07, 6.45) is 2.21. The van der Waals surface area contributed by atoms with Gasteiger partial charge in [-0.25, -0.2) is 4.79 Å². The number of amides is 1. The molecule has 0 bridgehead atoms. The van der Waals surface area contributed by atoms with Crippen molar-refractivity contribution in [1.82, 2.24) is 14.5 Å². The summed E-state index contributed by atoms with van der Waals surface area (Å²) in [5.74, 6) is 0.0543. The summed E-state index contributed by atoms with van der Waals surface area (Å²) in [5, 5.41) is 11.9. The van der Waals surface area contributed by atoms with E-state index in [1.807, 2.05) is 53.1 Å². The zero-order valence-electron chi connectivity index (χ0n) is 17.9. The second-order valence-electron chi connectivity index (χ2n) is 7.90. The summed E-state index contributed by atoms with van der Waals surface area (Å²) >= 11 is -1.01. The summed E-state index contributed by atoms with van der Waals surface area (Å²) in [5.41, 5.74) is 2.59. The van der Waals surface area contributed by atoms with Gasteiger partial charge < -0.3 is 4.98 Å². The van der Waals surface area contributed by atoms with E-state index >= 15 is 0 Å². The van der Waals surface area contributed by atoms with Crippen molar-refractivity contribution >= 4 is 42.8 Å². The van der Waals surface area contributed by atoms with Crippen molar-refractivity contribution in [2.24, 2.45) is 0 Å². The van der Waals surface area contributed by atoms with Crippen LogP contribution in [-0.2, 0) is 13.7 Å². The predicted octanol–water partition coefficient (Wildman–Crippen LogP) is 1.69. The molecule has 2 aromatic carbocycles. The van der Waals surface area contributed by atoms with Crippen LogP contribution in [-0.4, -0.2) is 68.1 Å². The van der Waals surface area contributed by atoms with Gasteiger partial charge >= 0.3 is 143 Å². The Labute approximate surface area is 192 Å². The predicted molar refractivity (Wildman–Crippen MR) is 122 cm³/mol. The molecule has 10 heteroatoms. The van der Waals surface area contributed by atoms with E-state index in [0.29, 0.717) is 13.0 Å². The minimum absolute atomic E-state index is 0.0506. The van der Waals surface area contributed by atoms with E-state index in [-0.39, 0.29) is 17.6 Å². The number of likely N-dealkylation sites (tertiary alicyclic amines) is 1. The summed E-state index contributed by atoms with van der Waals surface area (Å²) in [4.78, 5) is 32.0. The van der Waals surface area contributed by atoms with Gasteiger partial charge in [0, 0.05) is 0 Å². The molecule has 2 N–H and O–H groups in total. The average molecular weight is 499 g/mol. The van der Waals surface area contributed by atoms with Crippen LogP contribution in [0, 0.1) is 0 Å². The molecule has 1 aliphatic rings. The molecule has 9 nitrogen and oxygen atoms in total. The number of fused-ring (bicyclic) bond motifs is 1. The second kappa shape index (κ2) is 10.5. The SMILES string of the molecule is CN(C(=O)CCN1CCC(n2c(=O)[nH]c3ccccc32)CC1)c1cc[c]([Ge][O]OO)cc1. The van der Waals surface area contributed by atoms with Gasteiger partial charge in [0.2, 0.25) is 0 Å².